The van der Waals surface area contributed by atoms with Crippen molar-refractivity contribution in [3.63, 3.8) is 0 Å². The number of ether oxygens (including phenoxy) is 1. The van der Waals surface area contributed by atoms with Crippen LogP contribution in [0.2, 0.25) is 0 Å². The summed E-state index contributed by atoms with van der Waals surface area (Å²) >= 11 is 0. The van der Waals surface area contributed by atoms with Crippen LogP contribution in [0.5, 0.6) is 0 Å². The molecule has 6 heteroatoms. The summed E-state index contributed by atoms with van der Waals surface area (Å²) in [5.74, 6) is 1.68. The van der Waals surface area contributed by atoms with Gasteiger partial charge in [0.15, 0.2) is 0 Å². The van der Waals surface area contributed by atoms with E-state index in [-0.39, 0.29) is 6.09 Å². The molecule has 1 aromatic carbocycles. The molecule has 1 aromatic heterocycles. The Kier molecular flexibility index (Phi) is 7.40. The van der Waals surface area contributed by atoms with E-state index in [1.807, 2.05) is 26.8 Å². The molecule has 0 unspecified atom stereocenters. The fourth-order valence-corrected chi connectivity index (χ4v) is 3.88. The SMILES string of the molecule is CN(Cc1cc(NCc2ccccc2)n(CC2CCCCC2)n1)C(=O)OC(C)(C)C. The molecule has 2 aromatic rings. The van der Waals surface area contributed by atoms with Crippen molar-refractivity contribution in [2.24, 2.45) is 5.92 Å². The molecule has 0 bridgehead atoms. The van der Waals surface area contributed by atoms with Gasteiger partial charge in [0.2, 0.25) is 0 Å². The predicted octanol–water partition coefficient (Wildman–Crippen LogP) is 5.44. The lowest BCUT2D eigenvalue weighted by atomic mass is 9.89. The minimum atomic E-state index is -0.506. The number of aromatic nitrogens is 2. The summed E-state index contributed by atoms with van der Waals surface area (Å²) in [5, 5.41) is 8.39. The molecule has 30 heavy (non-hydrogen) atoms. The lowest BCUT2D eigenvalue weighted by molar-refractivity contribution is 0.0282. The average Bonchev–Trinajstić information content (AvgIpc) is 3.07. The predicted molar refractivity (Wildman–Crippen MR) is 120 cm³/mol. The van der Waals surface area contributed by atoms with E-state index in [4.69, 9.17) is 9.84 Å². The van der Waals surface area contributed by atoms with Gasteiger partial charge in [0.25, 0.3) is 0 Å². The van der Waals surface area contributed by atoms with Gasteiger partial charge in [0, 0.05) is 26.2 Å². The van der Waals surface area contributed by atoms with Gasteiger partial charge in [-0.3, -0.25) is 0 Å². The Morgan fingerprint density at radius 2 is 1.90 bits per heavy atom. The van der Waals surface area contributed by atoms with Crippen LogP contribution in [-0.2, 0) is 24.4 Å². The Labute approximate surface area is 180 Å². The van der Waals surface area contributed by atoms with Gasteiger partial charge in [-0.25, -0.2) is 9.48 Å². The topological polar surface area (TPSA) is 59.4 Å². The molecule has 1 aliphatic carbocycles. The highest BCUT2D eigenvalue weighted by Crippen LogP contribution is 2.26. The van der Waals surface area contributed by atoms with Crippen molar-refractivity contribution in [1.29, 1.82) is 0 Å². The second kappa shape index (κ2) is 10.0. The largest absolute Gasteiger partial charge is 0.444 e. The maximum Gasteiger partial charge on any atom is 0.410 e. The van der Waals surface area contributed by atoms with Crippen LogP contribution in [0.15, 0.2) is 36.4 Å². The van der Waals surface area contributed by atoms with E-state index in [1.54, 1.807) is 11.9 Å². The summed E-state index contributed by atoms with van der Waals surface area (Å²) in [5.41, 5.74) is 1.60. The van der Waals surface area contributed by atoms with Crippen LogP contribution in [0.4, 0.5) is 10.6 Å². The summed E-state index contributed by atoms with van der Waals surface area (Å²) < 4.78 is 7.57. The van der Waals surface area contributed by atoms with Crippen molar-refractivity contribution in [1.82, 2.24) is 14.7 Å². The van der Waals surface area contributed by atoms with E-state index >= 15 is 0 Å². The van der Waals surface area contributed by atoms with E-state index in [0.717, 1.165) is 24.6 Å². The first-order valence-corrected chi connectivity index (χ1v) is 11.1. The molecule has 0 spiro atoms. The van der Waals surface area contributed by atoms with Crippen molar-refractivity contribution >= 4 is 11.9 Å². The van der Waals surface area contributed by atoms with Crippen LogP contribution in [0.25, 0.3) is 0 Å². The first-order valence-electron chi connectivity index (χ1n) is 11.1. The molecule has 0 saturated heterocycles. The molecular formula is C24H36N4O2. The molecule has 1 aliphatic rings. The van der Waals surface area contributed by atoms with Crippen molar-refractivity contribution in [2.45, 2.75) is 78.1 Å². The zero-order chi connectivity index (χ0) is 21.6. The minimum absolute atomic E-state index is 0.330. The average molecular weight is 413 g/mol. The van der Waals surface area contributed by atoms with Gasteiger partial charge in [0.1, 0.15) is 11.4 Å². The molecular weight excluding hydrogens is 376 g/mol. The smallest absolute Gasteiger partial charge is 0.410 e. The van der Waals surface area contributed by atoms with Gasteiger partial charge in [-0.1, -0.05) is 49.6 Å². The molecule has 0 aliphatic heterocycles. The quantitative estimate of drug-likeness (QED) is 0.658. The summed E-state index contributed by atoms with van der Waals surface area (Å²) in [6, 6.07) is 12.4. The van der Waals surface area contributed by atoms with E-state index in [0.29, 0.717) is 12.5 Å². The minimum Gasteiger partial charge on any atom is -0.444 e. The van der Waals surface area contributed by atoms with E-state index in [1.165, 1.54) is 37.7 Å². The van der Waals surface area contributed by atoms with Crippen LogP contribution in [0.3, 0.4) is 0 Å². The summed E-state index contributed by atoms with van der Waals surface area (Å²) in [7, 11) is 1.76. The third-order valence-corrected chi connectivity index (χ3v) is 5.41. The number of amides is 1. The Morgan fingerprint density at radius 1 is 1.20 bits per heavy atom. The van der Waals surface area contributed by atoms with E-state index < -0.39 is 5.60 Å². The molecule has 164 valence electrons. The molecule has 0 atom stereocenters. The van der Waals surface area contributed by atoms with Gasteiger partial charge < -0.3 is 15.0 Å². The van der Waals surface area contributed by atoms with E-state index in [2.05, 4.69) is 40.3 Å². The van der Waals surface area contributed by atoms with Crippen molar-refractivity contribution < 1.29 is 9.53 Å². The highest BCUT2D eigenvalue weighted by atomic mass is 16.6. The number of hydrogen-bond acceptors (Lipinski definition) is 4. The number of carbonyl (C=O) groups excluding carboxylic acids is 1. The van der Waals surface area contributed by atoms with Crippen molar-refractivity contribution in [3.05, 3.63) is 47.7 Å². The van der Waals surface area contributed by atoms with Crippen LogP contribution in [0, 0.1) is 5.92 Å². The second-order valence-corrected chi connectivity index (χ2v) is 9.38. The van der Waals surface area contributed by atoms with Gasteiger partial charge in [-0.15, -0.1) is 0 Å². The maximum absolute atomic E-state index is 12.3. The zero-order valence-corrected chi connectivity index (χ0v) is 18.9. The standard InChI is InChI=1S/C24H36N4O2/c1-24(2,3)30-23(29)27(4)18-21-15-22(25-16-19-11-7-5-8-12-19)28(26-21)17-20-13-9-6-10-14-20/h5,7-8,11-12,15,20,25H,6,9-10,13-14,16-18H2,1-4H3. The highest BCUT2D eigenvalue weighted by molar-refractivity contribution is 5.67. The first-order chi connectivity index (χ1) is 14.3. The van der Waals surface area contributed by atoms with Crippen molar-refractivity contribution in [3.8, 4) is 0 Å². The Hall–Kier alpha value is -2.50. The Bertz CT molecular complexity index is 804. The normalized spacial score (nSPS) is 15.1. The van der Waals surface area contributed by atoms with Crippen LogP contribution in [-0.4, -0.2) is 33.4 Å². The number of carbonyl (C=O) groups is 1. The third kappa shape index (κ3) is 6.78. The van der Waals surface area contributed by atoms with Crippen LogP contribution < -0.4 is 5.32 Å². The monoisotopic (exact) mass is 412 g/mol. The van der Waals surface area contributed by atoms with Gasteiger partial charge in [-0.2, -0.15) is 5.10 Å². The maximum atomic E-state index is 12.3. The van der Waals surface area contributed by atoms with Crippen LogP contribution in [0.1, 0.15) is 64.1 Å². The molecule has 1 fully saturated rings. The number of anilines is 1. The van der Waals surface area contributed by atoms with Crippen LogP contribution >= 0.6 is 0 Å². The fraction of sp³-hybridized carbons (Fsp3) is 0.583. The van der Waals surface area contributed by atoms with Gasteiger partial charge >= 0.3 is 6.09 Å². The highest BCUT2D eigenvalue weighted by Gasteiger charge is 2.22. The molecule has 1 heterocycles. The molecule has 3 rings (SSSR count). The number of rotatable bonds is 7. The lowest BCUT2D eigenvalue weighted by Crippen LogP contribution is -2.33. The number of benzene rings is 1. The Morgan fingerprint density at radius 3 is 2.57 bits per heavy atom. The zero-order valence-electron chi connectivity index (χ0n) is 18.9. The van der Waals surface area contributed by atoms with Gasteiger partial charge in [0.05, 0.1) is 12.2 Å². The summed E-state index contributed by atoms with van der Waals surface area (Å²) in [6.45, 7) is 7.73. The fourth-order valence-electron chi connectivity index (χ4n) is 3.88. The summed E-state index contributed by atoms with van der Waals surface area (Å²) in [6.07, 6.45) is 6.18. The Balaban J connectivity index is 1.70. The van der Waals surface area contributed by atoms with Crippen molar-refractivity contribution in [2.75, 3.05) is 12.4 Å². The molecule has 0 radical (unpaired) electrons. The third-order valence-electron chi connectivity index (χ3n) is 5.41. The summed E-state index contributed by atoms with van der Waals surface area (Å²) in [4.78, 5) is 13.9. The number of hydrogen-bond donors (Lipinski definition) is 1. The molecule has 1 N–H and O–H groups in total. The first kappa shape index (κ1) is 22.2. The molecule has 6 nitrogen and oxygen atoms in total. The lowest BCUT2D eigenvalue weighted by Gasteiger charge is -2.24. The molecule has 1 saturated carbocycles. The number of nitrogens with one attached hydrogen (secondary N) is 1. The van der Waals surface area contributed by atoms with Gasteiger partial charge in [-0.05, 0) is 45.1 Å². The van der Waals surface area contributed by atoms with E-state index in [9.17, 15) is 4.79 Å². The second-order valence-electron chi connectivity index (χ2n) is 9.38. The number of nitrogens with zero attached hydrogens (tertiary/aromatic N) is 3. The molecule has 1 amide bonds.